The highest BCUT2D eigenvalue weighted by Crippen LogP contribution is 2.26. The summed E-state index contributed by atoms with van der Waals surface area (Å²) in [6.07, 6.45) is -0.217. The van der Waals surface area contributed by atoms with Crippen molar-refractivity contribution in [2.45, 2.75) is 24.5 Å². The van der Waals surface area contributed by atoms with Gasteiger partial charge in [-0.25, -0.2) is 0 Å². The molecule has 0 aliphatic heterocycles. The molecule has 134 valence electrons. The molecule has 26 heavy (non-hydrogen) atoms. The largest absolute Gasteiger partial charge is 0.368 e. The second kappa shape index (κ2) is 9.44. The minimum Gasteiger partial charge on any atom is -0.368 e. The quantitative estimate of drug-likeness (QED) is 0.411. The van der Waals surface area contributed by atoms with Gasteiger partial charge in [-0.3, -0.25) is 4.21 Å². The smallest absolute Gasteiger partial charge is 0.0958 e. The second-order valence-electron chi connectivity index (χ2n) is 6.13. The molecule has 2 atom stereocenters. The zero-order valence-electron chi connectivity index (χ0n) is 14.6. The van der Waals surface area contributed by atoms with E-state index in [0.717, 1.165) is 19.6 Å². The molecule has 2 nitrogen and oxygen atoms in total. The molecule has 0 radical (unpaired) electrons. The molecule has 3 aromatic rings. The van der Waals surface area contributed by atoms with Gasteiger partial charge in [0.05, 0.1) is 29.3 Å². The molecule has 0 aliphatic rings. The lowest BCUT2D eigenvalue weighted by Gasteiger charge is -2.20. The summed E-state index contributed by atoms with van der Waals surface area (Å²) in [5.74, 6) is 0.440. The molecule has 3 rings (SSSR count). The van der Waals surface area contributed by atoms with Gasteiger partial charge in [-0.1, -0.05) is 66.2 Å². The lowest BCUT2D eigenvalue weighted by Crippen LogP contribution is -2.15. The predicted octanol–water partition coefficient (Wildman–Crippen LogP) is 5.67. The van der Waals surface area contributed by atoms with Gasteiger partial charge in [0.1, 0.15) is 0 Å². The van der Waals surface area contributed by atoms with Crippen LogP contribution in [-0.2, 0) is 22.1 Å². The zero-order chi connectivity index (χ0) is 18.4. The number of benzene rings is 3. The first-order chi connectivity index (χ1) is 12.6. The summed E-state index contributed by atoms with van der Waals surface area (Å²) in [5.41, 5.74) is 3.37. The van der Waals surface area contributed by atoms with Crippen molar-refractivity contribution >= 4 is 33.4 Å². The van der Waals surface area contributed by atoms with Crippen LogP contribution in [0.4, 0.5) is 0 Å². The minimum atomic E-state index is -1.12. The van der Waals surface area contributed by atoms with Crippen LogP contribution in [0.15, 0.2) is 83.8 Å². The highest BCUT2D eigenvalue weighted by molar-refractivity contribution is 14.1. The van der Waals surface area contributed by atoms with E-state index in [0.29, 0.717) is 12.4 Å². The van der Waals surface area contributed by atoms with Gasteiger partial charge in [-0.2, -0.15) is 0 Å². The van der Waals surface area contributed by atoms with Crippen molar-refractivity contribution < 1.29 is 8.95 Å². The van der Waals surface area contributed by atoms with Crippen LogP contribution in [-0.4, -0.2) is 9.96 Å². The minimum absolute atomic E-state index is 0.217. The normalized spacial score (nSPS) is 13.3. The third-order valence-electron chi connectivity index (χ3n) is 4.13. The van der Waals surface area contributed by atoms with Crippen LogP contribution in [0.25, 0.3) is 0 Å². The molecule has 0 heterocycles. The Morgan fingerprint density at radius 3 is 2.27 bits per heavy atom. The molecule has 0 bridgehead atoms. The van der Waals surface area contributed by atoms with Gasteiger partial charge in [-0.05, 0) is 58.8 Å². The Morgan fingerprint density at radius 1 is 0.923 bits per heavy atom. The number of hydrogen-bond donors (Lipinski definition) is 0. The van der Waals surface area contributed by atoms with Crippen molar-refractivity contribution in [3.05, 3.63) is 99.1 Å². The lowest BCUT2D eigenvalue weighted by molar-refractivity contribution is 0.0547. The molecular weight excluding hydrogens is 455 g/mol. The van der Waals surface area contributed by atoms with Gasteiger partial charge in [0.15, 0.2) is 0 Å². The third-order valence-corrected chi connectivity index (χ3v) is 6.52. The Hall–Kier alpha value is -1.50. The summed E-state index contributed by atoms with van der Waals surface area (Å²) in [4.78, 5) is 0.842. The van der Waals surface area contributed by atoms with Crippen molar-refractivity contribution in [3.8, 4) is 0 Å². The fourth-order valence-electron chi connectivity index (χ4n) is 2.66. The van der Waals surface area contributed by atoms with Crippen molar-refractivity contribution in [1.82, 2.24) is 0 Å². The Kier molecular flexibility index (Phi) is 7.00. The van der Waals surface area contributed by atoms with Crippen LogP contribution in [0.2, 0.25) is 0 Å². The monoisotopic (exact) mass is 476 g/mol. The average Bonchev–Trinajstić information content (AvgIpc) is 2.67. The SMILES string of the molecule is Cc1ccc([S@](=O)C[C@H](OCc2ccccc2)c2ccccc2I)cc1. The standard InChI is InChI=1S/C22H21IO2S/c1-17-11-13-19(14-12-17)26(24)16-22(20-9-5-6-10-21(20)23)25-15-18-7-3-2-4-8-18/h2-14,22H,15-16H2,1H3/t22-,26+/m0/s1. The molecule has 0 amide bonds. The van der Waals surface area contributed by atoms with Crippen LogP contribution in [0.5, 0.6) is 0 Å². The summed E-state index contributed by atoms with van der Waals surface area (Å²) in [6, 6.07) is 26.1. The van der Waals surface area contributed by atoms with Crippen LogP contribution in [0.3, 0.4) is 0 Å². The number of rotatable bonds is 7. The number of ether oxygens (including phenoxy) is 1. The lowest BCUT2D eigenvalue weighted by atomic mass is 10.1. The fourth-order valence-corrected chi connectivity index (χ4v) is 4.58. The molecule has 3 aromatic carbocycles. The first-order valence-corrected chi connectivity index (χ1v) is 10.9. The van der Waals surface area contributed by atoms with E-state index in [2.05, 4.69) is 34.7 Å². The number of halogens is 1. The van der Waals surface area contributed by atoms with Gasteiger partial charge in [0.25, 0.3) is 0 Å². The molecular formula is C22H21IO2S. The average molecular weight is 476 g/mol. The van der Waals surface area contributed by atoms with E-state index >= 15 is 0 Å². The summed E-state index contributed by atoms with van der Waals surface area (Å²) in [7, 11) is -1.12. The van der Waals surface area contributed by atoms with Crippen LogP contribution in [0, 0.1) is 10.5 Å². The number of aryl methyl sites for hydroxylation is 1. The first kappa shape index (κ1) is 19.3. The Bertz CT molecular complexity index is 863. The molecule has 0 fully saturated rings. The summed E-state index contributed by atoms with van der Waals surface area (Å²) >= 11 is 2.32. The second-order valence-corrected chi connectivity index (χ2v) is 8.79. The predicted molar refractivity (Wildman–Crippen MR) is 116 cm³/mol. The highest BCUT2D eigenvalue weighted by atomic mass is 127. The zero-order valence-corrected chi connectivity index (χ0v) is 17.6. The van der Waals surface area contributed by atoms with Crippen molar-refractivity contribution in [1.29, 1.82) is 0 Å². The Balaban J connectivity index is 1.79. The van der Waals surface area contributed by atoms with Crippen LogP contribution < -0.4 is 0 Å². The molecule has 0 saturated carbocycles. The van der Waals surface area contributed by atoms with Crippen molar-refractivity contribution in [3.63, 3.8) is 0 Å². The van der Waals surface area contributed by atoms with Gasteiger partial charge in [-0.15, -0.1) is 0 Å². The van der Waals surface area contributed by atoms with Gasteiger partial charge in [0.2, 0.25) is 0 Å². The van der Waals surface area contributed by atoms with Crippen LogP contribution >= 0.6 is 22.6 Å². The van der Waals surface area contributed by atoms with E-state index in [1.54, 1.807) is 0 Å². The summed E-state index contributed by atoms with van der Waals surface area (Å²) < 4.78 is 20.2. The maximum absolute atomic E-state index is 12.9. The van der Waals surface area contributed by atoms with Gasteiger partial charge in [0, 0.05) is 8.47 Å². The molecule has 4 heteroatoms. The maximum atomic E-state index is 12.9. The summed E-state index contributed by atoms with van der Waals surface area (Å²) in [6.45, 7) is 2.53. The van der Waals surface area contributed by atoms with E-state index in [-0.39, 0.29) is 6.10 Å². The van der Waals surface area contributed by atoms with E-state index < -0.39 is 10.8 Å². The highest BCUT2D eigenvalue weighted by Gasteiger charge is 2.19. The molecule has 0 spiro atoms. The molecule has 0 saturated heterocycles. The molecule has 0 aromatic heterocycles. The van der Waals surface area contributed by atoms with Crippen molar-refractivity contribution in [2.75, 3.05) is 5.75 Å². The summed E-state index contributed by atoms with van der Waals surface area (Å²) in [5, 5.41) is 0. The molecule has 0 unspecified atom stereocenters. The van der Waals surface area contributed by atoms with Crippen molar-refractivity contribution in [2.24, 2.45) is 0 Å². The fraction of sp³-hybridized carbons (Fsp3) is 0.182. The topological polar surface area (TPSA) is 26.3 Å². The van der Waals surface area contributed by atoms with E-state index in [9.17, 15) is 4.21 Å². The number of hydrogen-bond acceptors (Lipinski definition) is 2. The van der Waals surface area contributed by atoms with E-state index in [4.69, 9.17) is 4.74 Å². The van der Waals surface area contributed by atoms with E-state index in [1.807, 2.05) is 73.7 Å². The Morgan fingerprint density at radius 2 is 1.58 bits per heavy atom. The van der Waals surface area contributed by atoms with Gasteiger partial charge < -0.3 is 4.74 Å². The molecule has 0 N–H and O–H groups in total. The van der Waals surface area contributed by atoms with E-state index in [1.165, 1.54) is 5.56 Å². The Labute approximate surface area is 171 Å². The third kappa shape index (κ3) is 5.25. The van der Waals surface area contributed by atoms with Gasteiger partial charge >= 0.3 is 0 Å². The maximum Gasteiger partial charge on any atom is 0.0958 e. The molecule has 0 aliphatic carbocycles. The van der Waals surface area contributed by atoms with Crippen LogP contribution in [0.1, 0.15) is 22.8 Å². The first-order valence-electron chi connectivity index (χ1n) is 8.48.